The fourth-order valence-corrected chi connectivity index (χ4v) is 3.31. The topological polar surface area (TPSA) is 69.0 Å². The first-order valence-corrected chi connectivity index (χ1v) is 10.4. The van der Waals surface area contributed by atoms with Crippen LogP contribution in [-0.4, -0.2) is 20.5 Å². The van der Waals surface area contributed by atoms with Crippen LogP contribution in [0.4, 0.5) is 11.6 Å². The van der Waals surface area contributed by atoms with E-state index in [1.54, 1.807) is 16.3 Å². The minimum atomic E-state index is -0.209. The maximum Gasteiger partial charge on any atom is 0.281 e. The molecule has 1 heterocycles. The minimum Gasteiger partial charge on any atom is -0.487 e. The SMILES string of the molecule is CCSCn1c(Nc2cccc(Br)c2)nnc(COc2ccccc2)c1=O. The van der Waals surface area contributed by atoms with Crippen molar-refractivity contribution in [3.63, 3.8) is 0 Å². The molecule has 0 bridgehead atoms. The molecule has 0 saturated carbocycles. The molecule has 0 fully saturated rings. The van der Waals surface area contributed by atoms with Gasteiger partial charge >= 0.3 is 0 Å². The highest BCUT2D eigenvalue weighted by Gasteiger charge is 2.13. The molecule has 27 heavy (non-hydrogen) atoms. The van der Waals surface area contributed by atoms with Gasteiger partial charge in [0.15, 0.2) is 5.69 Å². The molecule has 0 aliphatic heterocycles. The largest absolute Gasteiger partial charge is 0.487 e. The summed E-state index contributed by atoms with van der Waals surface area (Å²) in [6, 6.07) is 17.0. The van der Waals surface area contributed by atoms with Gasteiger partial charge in [0, 0.05) is 10.2 Å². The number of halogens is 1. The summed E-state index contributed by atoms with van der Waals surface area (Å²) in [6.07, 6.45) is 0. The molecule has 0 unspecified atom stereocenters. The zero-order chi connectivity index (χ0) is 19.1. The lowest BCUT2D eigenvalue weighted by Gasteiger charge is -2.14. The van der Waals surface area contributed by atoms with Crippen molar-refractivity contribution in [3.8, 4) is 5.75 Å². The molecule has 0 aliphatic carbocycles. The first-order chi connectivity index (χ1) is 13.2. The van der Waals surface area contributed by atoms with Crippen LogP contribution in [0, 0.1) is 0 Å². The molecule has 3 rings (SSSR count). The predicted molar refractivity (Wildman–Crippen MR) is 113 cm³/mol. The second-order valence-electron chi connectivity index (χ2n) is 5.56. The number of thioether (sulfide) groups is 1. The Morgan fingerprint density at radius 3 is 2.70 bits per heavy atom. The smallest absolute Gasteiger partial charge is 0.281 e. The predicted octanol–water partition coefficient (Wildman–Crippen LogP) is 4.43. The van der Waals surface area contributed by atoms with Gasteiger partial charge in [0.25, 0.3) is 5.56 Å². The van der Waals surface area contributed by atoms with E-state index in [9.17, 15) is 4.79 Å². The Bertz CT molecular complexity index is 950. The van der Waals surface area contributed by atoms with Gasteiger partial charge in [-0.15, -0.1) is 22.0 Å². The van der Waals surface area contributed by atoms with E-state index in [1.165, 1.54) is 0 Å². The number of anilines is 2. The fraction of sp³-hybridized carbons (Fsp3) is 0.211. The molecule has 0 atom stereocenters. The van der Waals surface area contributed by atoms with Crippen LogP contribution in [0.15, 0.2) is 63.9 Å². The molecule has 0 aliphatic rings. The third-order valence-corrected chi connectivity index (χ3v) is 4.98. The molecular formula is C19H19BrN4O2S. The first kappa shape index (κ1) is 19.4. The second-order valence-corrected chi connectivity index (χ2v) is 7.72. The van der Waals surface area contributed by atoms with Gasteiger partial charge in [0.2, 0.25) is 5.95 Å². The summed E-state index contributed by atoms with van der Waals surface area (Å²) in [7, 11) is 0. The Morgan fingerprint density at radius 2 is 1.96 bits per heavy atom. The Balaban J connectivity index is 1.85. The average Bonchev–Trinajstić information content (AvgIpc) is 2.68. The molecule has 6 nitrogen and oxygen atoms in total. The zero-order valence-electron chi connectivity index (χ0n) is 14.8. The quantitative estimate of drug-likeness (QED) is 0.551. The molecule has 2 aromatic carbocycles. The second kappa shape index (κ2) is 9.57. The van der Waals surface area contributed by atoms with Gasteiger partial charge < -0.3 is 10.1 Å². The zero-order valence-corrected chi connectivity index (χ0v) is 17.2. The van der Waals surface area contributed by atoms with Crippen molar-refractivity contribution in [1.82, 2.24) is 14.8 Å². The molecule has 3 aromatic rings. The maximum absolute atomic E-state index is 12.9. The van der Waals surface area contributed by atoms with Gasteiger partial charge in [-0.25, -0.2) is 0 Å². The number of benzene rings is 2. The summed E-state index contributed by atoms with van der Waals surface area (Å²) in [5, 5.41) is 11.5. The number of ether oxygens (including phenoxy) is 1. The summed E-state index contributed by atoms with van der Waals surface area (Å²) < 4.78 is 8.18. The molecule has 0 radical (unpaired) electrons. The van der Waals surface area contributed by atoms with E-state index in [0.717, 1.165) is 15.9 Å². The Hall–Kier alpha value is -2.32. The van der Waals surface area contributed by atoms with Crippen LogP contribution < -0.4 is 15.6 Å². The van der Waals surface area contributed by atoms with E-state index in [1.807, 2.05) is 61.5 Å². The van der Waals surface area contributed by atoms with Crippen LogP contribution in [-0.2, 0) is 12.5 Å². The van der Waals surface area contributed by atoms with E-state index in [0.29, 0.717) is 17.6 Å². The van der Waals surface area contributed by atoms with E-state index in [-0.39, 0.29) is 17.9 Å². The standard InChI is InChI=1S/C19H19BrN4O2S/c1-2-27-13-24-18(25)17(12-26-16-9-4-3-5-10-16)22-23-19(24)21-15-8-6-7-14(20)11-15/h3-11H,2,12-13H2,1H3,(H,21,23). The van der Waals surface area contributed by atoms with Gasteiger partial charge in [-0.2, -0.15) is 0 Å². The van der Waals surface area contributed by atoms with E-state index in [4.69, 9.17) is 4.74 Å². The average molecular weight is 447 g/mol. The molecule has 0 spiro atoms. The number of nitrogens with one attached hydrogen (secondary N) is 1. The summed E-state index contributed by atoms with van der Waals surface area (Å²) in [5.41, 5.74) is 0.885. The fourth-order valence-electron chi connectivity index (χ4n) is 2.31. The molecule has 140 valence electrons. The summed E-state index contributed by atoms with van der Waals surface area (Å²) in [4.78, 5) is 12.9. The van der Waals surface area contributed by atoms with Crippen LogP contribution in [0.1, 0.15) is 12.6 Å². The van der Waals surface area contributed by atoms with Crippen molar-refractivity contribution in [2.45, 2.75) is 19.4 Å². The molecule has 0 amide bonds. The van der Waals surface area contributed by atoms with Crippen LogP contribution in [0.25, 0.3) is 0 Å². The lowest BCUT2D eigenvalue weighted by Crippen LogP contribution is -2.29. The monoisotopic (exact) mass is 446 g/mol. The van der Waals surface area contributed by atoms with E-state index in [2.05, 4.69) is 31.4 Å². The van der Waals surface area contributed by atoms with Crippen LogP contribution in [0.2, 0.25) is 0 Å². The third-order valence-electron chi connectivity index (χ3n) is 3.64. The van der Waals surface area contributed by atoms with E-state index < -0.39 is 0 Å². The van der Waals surface area contributed by atoms with Gasteiger partial charge in [-0.05, 0) is 36.1 Å². The summed E-state index contributed by atoms with van der Waals surface area (Å²) in [5.74, 6) is 2.47. The lowest BCUT2D eigenvalue weighted by molar-refractivity contribution is 0.296. The molecule has 0 saturated heterocycles. The number of hydrogen-bond acceptors (Lipinski definition) is 6. The van der Waals surface area contributed by atoms with Crippen molar-refractivity contribution in [3.05, 3.63) is 75.1 Å². The van der Waals surface area contributed by atoms with Crippen molar-refractivity contribution in [1.29, 1.82) is 0 Å². The van der Waals surface area contributed by atoms with Gasteiger partial charge in [-0.3, -0.25) is 9.36 Å². The maximum atomic E-state index is 12.9. The highest BCUT2D eigenvalue weighted by molar-refractivity contribution is 9.10. The third kappa shape index (κ3) is 5.33. The van der Waals surface area contributed by atoms with Crippen molar-refractivity contribution in [2.75, 3.05) is 11.1 Å². The number of nitrogens with zero attached hydrogens (tertiary/aromatic N) is 3. The van der Waals surface area contributed by atoms with Crippen molar-refractivity contribution in [2.24, 2.45) is 0 Å². The number of rotatable bonds is 8. The minimum absolute atomic E-state index is 0.0732. The van der Waals surface area contributed by atoms with Crippen molar-refractivity contribution >= 4 is 39.3 Å². The molecular weight excluding hydrogens is 428 g/mol. The summed E-state index contributed by atoms with van der Waals surface area (Å²) in [6.45, 7) is 2.12. The number of hydrogen-bond donors (Lipinski definition) is 1. The highest BCUT2D eigenvalue weighted by Crippen LogP contribution is 2.19. The van der Waals surface area contributed by atoms with Crippen LogP contribution >= 0.6 is 27.7 Å². The molecule has 1 aromatic heterocycles. The normalized spacial score (nSPS) is 10.6. The van der Waals surface area contributed by atoms with Gasteiger partial charge in [0.1, 0.15) is 12.4 Å². The highest BCUT2D eigenvalue weighted by atomic mass is 79.9. The Morgan fingerprint density at radius 1 is 1.15 bits per heavy atom. The molecule has 8 heteroatoms. The van der Waals surface area contributed by atoms with Gasteiger partial charge in [-0.1, -0.05) is 47.1 Å². The molecule has 1 N–H and O–H groups in total. The lowest BCUT2D eigenvalue weighted by atomic mass is 10.3. The van der Waals surface area contributed by atoms with Gasteiger partial charge in [0.05, 0.1) is 5.88 Å². The Kier molecular flexibility index (Phi) is 6.89. The number of aromatic nitrogens is 3. The number of para-hydroxylation sites is 1. The van der Waals surface area contributed by atoms with Crippen LogP contribution in [0.3, 0.4) is 0 Å². The summed E-state index contributed by atoms with van der Waals surface area (Å²) >= 11 is 5.07. The van der Waals surface area contributed by atoms with Crippen molar-refractivity contribution < 1.29 is 4.74 Å². The van der Waals surface area contributed by atoms with Crippen LogP contribution in [0.5, 0.6) is 5.75 Å². The van der Waals surface area contributed by atoms with E-state index >= 15 is 0 Å². The first-order valence-electron chi connectivity index (χ1n) is 8.42. The Labute approximate surface area is 170 Å².